The van der Waals surface area contributed by atoms with Crippen LogP contribution < -0.4 is 4.74 Å². The zero-order valence-electron chi connectivity index (χ0n) is 17.6. The third-order valence-electron chi connectivity index (χ3n) is 5.52. The molecule has 0 N–H and O–H groups in total. The first-order valence-corrected chi connectivity index (χ1v) is 10.9. The number of rotatable bonds is 8. The molecule has 0 atom stereocenters. The van der Waals surface area contributed by atoms with Crippen LogP contribution in [-0.2, 0) is 13.0 Å². The molecule has 1 heterocycles. The number of ether oxygens (including phenoxy) is 1. The lowest BCUT2D eigenvalue weighted by Gasteiger charge is -2.11. The lowest BCUT2D eigenvalue weighted by molar-refractivity contribution is 0.303. The number of unbranched alkanes of at least 4 members (excludes halogenated alkanes) is 1. The molecule has 0 bridgehead atoms. The summed E-state index contributed by atoms with van der Waals surface area (Å²) >= 11 is 6.09. The van der Waals surface area contributed by atoms with Crippen molar-refractivity contribution in [3.63, 3.8) is 0 Å². The summed E-state index contributed by atoms with van der Waals surface area (Å²) in [6, 6.07) is 22.8. The molecule has 0 saturated heterocycles. The lowest BCUT2D eigenvalue weighted by Crippen LogP contribution is -2.07. The summed E-state index contributed by atoms with van der Waals surface area (Å²) in [5.41, 5.74) is 5.95. The zero-order valence-corrected chi connectivity index (χ0v) is 18.3. The van der Waals surface area contributed by atoms with E-state index in [1.807, 2.05) is 25.1 Å². The number of nitrogens with zero attached hydrogens (tertiary/aromatic N) is 2. The first kappa shape index (κ1) is 20.5. The summed E-state index contributed by atoms with van der Waals surface area (Å²) < 4.78 is 8.28. The van der Waals surface area contributed by atoms with E-state index in [1.165, 1.54) is 16.6 Å². The normalized spacial score (nSPS) is 11.2. The van der Waals surface area contributed by atoms with Crippen molar-refractivity contribution in [2.75, 3.05) is 6.61 Å². The van der Waals surface area contributed by atoms with E-state index in [4.69, 9.17) is 21.3 Å². The molecule has 154 valence electrons. The van der Waals surface area contributed by atoms with Gasteiger partial charge in [0.1, 0.15) is 11.6 Å². The van der Waals surface area contributed by atoms with E-state index in [9.17, 15) is 0 Å². The van der Waals surface area contributed by atoms with Gasteiger partial charge in [-0.05, 0) is 73.7 Å². The van der Waals surface area contributed by atoms with Gasteiger partial charge < -0.3 is 9.30 Å². The third-order valence-corrected chi connectivity index (χ3v) is 5.94. The van der Waals surface area contributed by atoms with Gasteiger partial charge in [0.25, 0.3) is 0 Å². The van der Waals surface area contributed by atoms with Gasteiger partial charge in [-0.15, -0.1) is 0 Å². The summed E-state index contributed by atoms with van der Waals surface area (Å²) in [5.74, 6) is 2.00. The highest BCUT2D eigenvalue weighted by molar-refractivity contribution is 6.31. The van der Waals surface area contributed by atoms with E-state index < -0.39 is 0 Å². The molecule has 0 aliphatic rings. The Kier molecular flexibility index (Phi) is 6.39. The second kappa shape index (κ2) is 9.36. The highest BCUT2D eigenvalue weighted by Crippen LogP contribution is 2.22. The molecule has 4 heteroatoms. The van der Waals surface area contributed by atoms with Gasteiger partial charge in [0.05, 0.1) is 17.6 Å². The molecule has 3 aromatic carbocycles. The Morgan fingerprint density at radius 2 is 1.70 bits per heavy atom. The van der Waals surface area contributed by atoms with E-state index in [-0.39, 0.29) is 0 Å². The molecule has 0 aliphatic heterocycles. The highest BCUT2D eigenvalue weighted by Gasteiger charge is 2.12. The fraction of sp³-hybridized carbons (Fsp3) is 0.269. The molecule has 1 aromatic heterocycles. The van der Waals surface area contributed by atoms with Crippen LogP contribution in [0.1, 0.15) is 35.4 Å². The van der Waals surface area contributed by atoms with Crippen molar-refractivity contribution in [2.24, 2.45) is 0 Å². The average molecular weight is 419 g/mol. The van der Waals surface area contributed by atoms with Crippen LogP contribution >= 0.6 is 11.6 Å². The Morgan fingerprint density at radius 1 is 0.900 bits per heavy atom. The zero-order chi connectivity index (χ0) is 20.9. The van der Waals surface area contributed by atoms with Crippen LogP contribution in [0.25, 0.3) is 11.0 Å². The Balaban J connectivity index is 1.42. The van der Waals surface area contributed by atoms with Crippen molar-refractivity contribution in [3.05, 3.63) is 94.3 Å². The summed E-state index contributed by atoms with van der Waals surface area (Å²) in [7, 11) is 0. The third kappa shape index (κ3) is 4.68. The van der Waals surface area contributed by atoms with E-state index in [1.54, 1.807) is 0 Å². The molecule has 3 nitrogen and oxygen atoms in total. The smallest absolute Gasteiger partial charge is 0.119 e. The van der Waals surface area contributed by atoms with Gasteiger partial charge in [-0.25, -0.2) is 4.98 Å². The average Bonchev–Trinajstić information content (AvgIpc) is 3.09. The number of benzene rings is 3. The Hall–Kier alpha value is -2.78. The topological polar surface area (TPSA) is 27.1 Å². The summed E-state index contributed by atoms with van der Waals surface area (Å²) in [6.07, 6.45) is 2.87. The molecule has 4 rings (SSSR count). The molecule has 30 heavy (non-hydrogen) atoms. The van der Waals surface area contributed by atoms with Crippen LogP contribution in [-0.4, -0.2) is 16.2 Å². The number of halogens is 1. The first-order chi connectivity index (χ1) is 14.6. The number of imidazole rings is 1. The molecular formula is C26H27ClN2O. The van der Waals surface area contributed by atoms with E-state index in [2.05, 4.69) is 60.0 Å². The second-order valence-electron chi connectivity index (χ2n) is 7.74. The van der Waals surface area contributed by atoms with Crippen LogP contribution in [0.2, 0.25) is 5.02 Å². The van der Waals surface area contributed by atoms with Crippen molar-refractivity contribution in [3.8, 4) is 5.75 Å². The molecule has 0 unspecified atom stereocenters. The van der Waals surface area contributed by atoms with Crippen molar-refractivity contribution < 1.29 is 4.74 Å². The molecular weight excluding hydrogens is 392 g/mol. The maximum absolute atomic E-state index is 6.09. The molecule has 0 amide bonds. The number of para-hydroxylation sites is 2. The summed E-state index contributed by atoms with van der Waals surface area (Å²) in [6.45, 7) is 5.79. The van der Waals surface area contributed by atoms with Crippen LogP contribution in [0.3, 0.4) is 0 Å². The Morgan fingerprint density at radius 3 is 2.53 bits per heavy atom. The molecule has 0 fully saturated rings. The summed E-state index contributed by atoms with van der Waals surface area (Å²) in [4.78, 5) is 4.93. The molecule has 0 spiro atoms. The van der Waals surface area contributed by atoms with Gasteiger partial charge in [-0.1, -0.05) is 48.0 Å². The molecule has 0 saturated carbocycles. The van der Waals surface area contributed by atoms with Gasteiger partial charge in [0, 0.05) is 18.0 Å². The number of aromatic nitrogens is 2. The van der Waals surface area contributed by atoms with Crippen molar-refractivity contribution >= 4 is 22.6 Å². The second-order valence-corrected chi connectivity index (χ2v) is 8.15. The number of hydrogen-bond acceptors (Lipinski definition) is 2. The number of hydrogen-bond donors (Lipinski definition) is 0. The minimum atomic E-state index is 0.695. The van der Waals surface area contributed by atoms with Crippen molar-refractivity contribution in [2.45, 2.75) is 39.7 Å². The SMILES string of the molecule is Cc1cc(OCCCCn2c(Cc3ccccc3C)nc3ccccc32)ccc1Cl. The van der Waals surface area contributed by atoms with Gasteiger partial charge in [-0.2, -0.15) is 0 Å². The molecule has 0 aliphatic carbocycles. The maximum atomic E-state index is 6.09. The van der Waals surface area contributed by atoms with Crippen LogP contribution in [0.5, 0.6) is 5.75 Å². The predicted octanol–water partition coefficient (Wildman–Crippen LogP) is 6.76. The minimum absolute atomic E-state index is 0.695. The van der Waals surface area contributed by atoms with E-state index in [0.717, 1.165) is 53.5 Å². The summed E-state index contributed by atoms with van der Waals surface area (Å²) in [5, 5.41) is 0.774. The Bertz CT molecular complexity index is 1150. The molecule has 4 aromatic rings. The standard InChI is InChI=1S/C26H27ClN2O/c1-19-9-3-4-10-21(19)18-26-28-24-11-5-6-12-25(24)29(26)15-7-8-16-30-22-13-14-23(27)20(2)17-22/h3-6,9-14,17H,7-8,15-16,18H2,1-2H3. The predicted molar refractivity (Wildman–Crippen MR) is 125 cm³/mol. The highest BCUT2D eigenvalue weighted by atomic mass is 35.5. The van der Waals surface area contributed by atoms with Gasteiger partial charge in [-0.3, -0.25) is 0 Å². The minimum Gasteiger partial charge on any atom is -0.494 e. The Labute approximate surface area is 183 Å². The quantitative estimate of drug-likeness (QED) is 0.296. The van der Waals surface area contributed by atoms with Crippen LogP contribution in [0.15, 0.2) is 66.7 Å². The monoisotopic (exact) mass is 418 g/mol. The largest absolute Gasteiger partial charge is 0.494 e. The fourth-order valence-corrected chi connectivity index (χ4v) is 3.88. The van der Waals surface area contributed by atoms with Crippen LogP contribution in [0.4, 0.5) is 0 Å². The van der Waals surface area contributed by atoms with Crippen molar-refractivity contribution in [1.29, 1.82) is 0 Å². The van der Waals surface area contributed by atoms with E-state index >= 15 is 0 Å². The van der Waals surface area contributed by atoms with Gasteiger partial charge in [0.2, 0.25) is 0 Å². The van der Waals surface area contributed by atoms with E-state index in [0.29, 0.717) is 6.61 Å². The lowest BCUT2D eigenvalue weighted by atomic mass is 10.1. The number of fused-ring (bicyclic) bond motifs is 1. The van der Waals surface area contributed by atoms with Crippen molar-refractivity contribution in [1.82, 2.24) is 9.55 Å². The van der Waals surface area contributed by atoms with Crippen LogP contribution in [0, 0.1) is 13.8 Å². The maximum Gasteiger partial charge on any atom is 0.119 e. The fourth-order valence-electron chi connectivity index (χ4n) is 3.76. The molecule has 0 radical (unpaired) electrons. The first-order valence-electron chi connectivity index (χ1n) is 10.5. The number of aryl methyl sites for hydroxylation is 3. The van der Waals surface area contributed by atoms with Gasteiger partial charge in [0.15, 0.2) is 0 Å². The van der Waals surface area contributed by atoms with Gasteiger partial charge >= 0.3 is 0 Å².